The standard InChI is InChI=1S/C15H16ClN5O/c16-12-13(17)18-9-19-14(12)21-7-6-11(8-21)20-15(22)10-4-2-1-3-5-10/h1-5,9,11H,6-8H2,(H,20,22)(H2,17,18,19). The second kappa shape index (κ2) is 6.19. The third-order valence-electron chi connectivity index (χ3n) is 3.66. The van der Waals surface area contributed by atoms with E-state index in [-0.39, 0.29) is 17.8 Å². The molecule has 1 unspecified atom stereocenters. The Morgan fingerprint density at radius 2 is 2.09 bits per heavy atom. The number of halogens is 1. The zero-order chi connectivity index (χ0) is 15.5. The monoisotopic (exact) mass is 317 g/mol. The lowest BCUT2D eigenvalue weighted by atomic mass is 10.2. The number of hydrogen-bond donors (Lipinski definition) is 2. The van der Waals surface area contributed by atoms with Gasteiger partial charge in [-0.2, -0.15) is 0 Å². The Morgan fingerprint density at radius 1 is 1.32 bits per heavy atom. The molecule has 2 aromatic rings. The summed E-state index contributed by atoms with van der Waals surface area (Å²) in [5.41, 5.74) is 6.36. The maximum absolute atomic E-state index is 12.2. The number of hydrogen-bond acceptors (Lipinski definition) is 5. The second-order valence-electron chi connectivity index (χ2n) is 5.17. The number of aromatic nitrogens is 2. The second-order valence-corrected chi connectivity index (χ2v) is 5.55. The van der Waals surface area contributed by atoms with Crippen LogP contribution in [0.2, 0.25) is 5.02 Å². The van der Waals surface area contributed by atoms with Crippen LogP contribution in [0.5, 0.6) is 0 Å². The Bertz CT molecular complexity index is 679. The van der Waals surface area contributed by atoms with Crippen LogP contribution in [0.3, 0.4) is 0 Å². The van der Waals surface area contributed by atoms with Gasteiger partial charge in [-0.15, -0.1) is 0 Å². The van der Waals surface area contributed by atoms with Crippen molar-refractivity contribution in [1.29, 1.82) is 0 Å². The lowest BCUT2D eigenvalue weighted by molar-refractivity contribution is 0.0940. The molecule has 0 bridgehead atoms. The molecule has 1 fully saturated rings. The van der Waals surface area contributed by atoms with Crippen molar-refractivity contribution in [1.82, 2.24) is 15.3 Å². The zero-order valence-corrected chi connectivity index (χ0v) is 12.6. The van der Waals surface area contributed by atoms with E-state index in [1.807, 2.05) is 23.1 Å². The topological polar surface area (TPSA) is 84.1 Å². The van der Waals surface area contributed by atoms with Crippen molar-refractivity contribution in [3.8, 4) is 0 Å². The Balaban J connectivity index is 1.65. The van der Waals surface area contributed by atoms with Gasteiger partial charge in [0.05, 0.1) is 0 Å². The van der Waals surface area contributed by atoms with Gasteiger partial charge in [-0.05, 0) is 18.6 Å². The minimum atomic E-state index is -0.0688. The van der Waals surface area contributed by atoms with Crippen LogP contribution in [0.4, 0.5) is 11.6 Å². The number of nitrogen functional groups attached to an aromatic ring is 1. The number of anilines is 2. The number of benzene rings is 1. The molecule has 22 heavy (non-hydrogen) atoms. The summed E-state index contributed by atoms with van der Waals surface area (Å²) in [5, 5.41) is 3.39. The van der Waals surface area contributed by atoms with Gasteiger partial charge in [0.25, 0.3) is 5.91 Å². The molecule has 0 saturated carbocycles. The molecule has 3 N–H and O–H groups in total. The first-order valence-electron chi connectivity index (χ1n) is 7.02. The Hall–Kier alpha value is -2.34. The van der Waals surface area contributed by atoms with E-state index in [1.165, 1.54) is 6.33 Å². The maximum Gasteiger partial charge on any atom is 0.251 e. The molecule has 6 nitrogen and oxygen atoms in total. The number of nitrogens with two attached hydrogens (primary N) is 1. The molecule has 1 aromatic carbocycles. The van der Waals surface area contributed by atoms with E-state index in [0.717, 1.165) is 13.0 Å². The van der Waals surface area contributed by atoms with Crippen molar-refractivity contribution < 1.29 is 4.79 Å². The molecule has 0 aliphatic carbocycles. The van der Waals surface area contributed by atoms with Crippen molar-refractivity contribution in [2.45, 2.75) is 12.5 Å². The molecule has 1 aliphatic heterocycles. The van der Waals surface area contributed by atoms with Gasteiger partial charge in [-0.1, -0.05) is 29.8 Å². The predicted octanol–water partition coefficient (Wildman–Crippen LogP) is 1.72. The highest BCUT2D eigenvalue weighted by atomic mass is 35.5. The van der Waals surface area contributed by atoms with E-state index in [4.69, 9.17) is 17.3 Å². The molecule has 3 rings (SSSR count). The van der Waals surface area contributed by atoms with E-state index in [1.54, 1.807) is 12.1 Å². The Kier molecular flexibility index (Phi) is 4.11. The average Bonchev–Trinajstić information content (AvgIpc) is 2.99. The first-order valence-corrected chi connectivity index (χ1v) is 7.40. The number of amides is 1. The van der Waals surface area contributed by atoms with Gasteiger partial charge in [-0.25, -0.2) is 9.97 Å². The van der Waals surface area contributed by atoms with Gasteiger partial charge < -0.3 is 16.0 Å². The normalized spacial score (nSPS) is 17.5. The van der Waals surface area contributed by atoms with E-state index in [2.05, 4.69) is 15.3 Å². The van der Waals surface area contributed by atoms with Gasteiger partial charge in [0, 0.05) is 24.7 Å². The van der Waals surface area contributed by atoms with Crippen LogP contribution >= 0.6 is 11.6 Å². The molecule has 0 radical (unpaired) electrons. The highest BCUT2D eigenvalue weighted by molar-refractivity contribution is 6.35. The van der Waals surface area contributed by atoms with Crippen molar-refractivity contribution in [2.24, 2.45) is 0 Å². The van der Waals surface area contributed by atoms with Gasteiger partial charge in [0.15, 0.2) is 5.82 Å². The minimum Gasteiger partial charge on any atom is -0.382 e. The average molecular weight is 318 g/mol. The summed E-state index contributed by atoms with van der Waals surface area (Å²) in [6.45, 7) is 1.41. The van der Waals surface area contributed by atoms with Gasteiger partial charge >= 0.3 is 0 Å². The van der Waals surface area contributed by atoms with Crippen LogP contribution in [-0.4, -0.2) is 35.0 Å². The fraction of sp³-hybridized carbons (Fsp3) is 0.267. The molecule has 1 amide bonds. The summed E-state index contributed by atoms with van der Waals surface area (Å²) in [6, 6.07) is 9.22. The fourth-order valence-corrected chi connectivity index (χ4v) is 2.74. The van der Waals surface area contributed by atoms with Crippen LogP contribution in [0.25, 0.3) is 0 Å². The molecular weight excluding hydrogens is 302 g/mol. The Labute approximate surface area is 133 Å². The summed E-state index contributed by atoms with van der Waals surface area (Å²) in [5.74, 6) is 0.815. The first kappa shape index (κ1) is 14.6. The predicted molar refractivity (Wildman–Crippen MR) is 86.0 cm³/mol. The molecule has 114 valence electrons. The number of nitrogens with one attached hydrogen (secondary N) is 1. The lowest BCUT2D eigenvalue weighted by Gasteiger charge is -2.19. The molecule has 2 heterocycles. The summed E-state index contributed by atoms with van der Waals surface area (Å²) >= 11 is 6.14. The lowest BCUT2D eigenvalue weighted by Crippen LogP contribution is -2.37. The number of carbonyl (C=O) groups is 1. The van der Waals surface area contributed by atoms with Crippen molar-refractivity contribution in [3.05, 3.63) is 47.2 Å². The van der Waals surface area contributed by atoms with E-state index >= 15 is 0 Å². The van der Waals surface area contributed by atoms with E-state index < -0.39 is 0 Å². The zero-order valence-electron chi connectivity index (χ0n) is 11.9. The minimum absolute atomic E-state index is 0.0555. The van der Waals surface area contributed by atoms with Crippen molar-refractivity contribution in [2.75, 3.05) is 23.7 Å². The number of nitrogens with zero attached hydrogens (tertiary/aromatic N) is 3. The largest absolute Gasteiger partial charge is 0.382 e. The van der Waals surface area contributed by atoms with Crippen LogP contribution in [0.15, 0.2) is 36.7 Å². The third kappa shape index (κ3) is 2.96. The molecule has 1 atom stereocenters. The number of carbonyl (C=O) groups excluding carboxylic acids is 1. The van der Waals surface area contributed by atoms with Crippen LogP contribution in [0.1, 0.15) is 16.8 Å². The highest BCUT2D eigenvalue weighted by Crippen LogP contribution is 2.29. The SMILES string of the molecule is Nc1ncnc(N2CCC(NC(=O)c3ccccc3)C2)c1Cl. The Morgan fingerprint density at radius 3 is 2.86 bits per heavy atom. The molecule has 1 aliphatic rings. The van der Waals surface area contributed by atoms with E-state index in [9.17, 15) is 4.79 Å². The first-order chi connectivity index (χ1) is 10.6. The van der Waals surface area contributed by atoms with E-state index in [0.29, 0.717) is 22.9 Å². The smallest absolute Gasteiger partial charge is 0.251 e. The van der Waals surface area contributed by atoms with Crippen LogP contribution in [0, 0.1) is 0 Å². The van der Waals surface area contributed by atoms with Crippen molar-refractivity contribution in [3.63, 3.8) is 0 Å². The molecule has 1 saturated heterocycles. The van der Waals surface area contributed by atoms with Gasteiger partial charge in [0.2, 0.25) is 0 Å². The number of rotatable bonds is 3. The van der Waals surface area contributed by atoms with Gasteiger partial charge in [-0.3, -0.25) is 4.79 Å². The molecule has 7 heteroatoms. The van der Waals surface area contributed by atoms with Gasteiger partial charge in [0.1, 0.15) is 17.2 Å². The molecule has 0 spiro atoms. The van der Waals surface area contributed by atoms with Crippen LogP contribution in [-0.2, 0) is 0 Å². The maximum atomic E-state index is 12.2. The quantitative estimate of drug-likeness (QED) is 0.900. The molecular formula is C15H16ClN5O. The summed E-state index contributed by atoms with van der Waals surface area (Å²) in [6.07, 6.45) is 2.23. The highest BCUT2D eigenvalue weighted by Gasteiger charge is 2.27. The summed E-state index contributed by atoms with van der Waals surface area (Å²) in [4.78, 5) is 22.2. The third-order valence-corrected chi connectivity index (χ3v) is 4.02. The summed E-state index contributed by atoms with van der Waals surface area (Å²) in [7, 11) is 0. The molecule has 1 aromatic heterocycles. The fourth-order valence-electron chi connectivity index (χ4n) is 2.52. The van der Waals surface area contributed by atoms with Crippen molar-refractivity contribution >= 4 is 29.1 Å². The van der Waals surface area contributed by atoms with Crippen LogP contribution < -0.4 is 16.0 Å². The summed E-state index contributed by atoms with van der Waals surface area (Å²) < 4.78 is 0.